The summed E-state index contributed by atoms with van der Waals surface area (Å²) in [6, 6.07) is 9.67. The molecule has 0 spiro atoms. The molecule has 1 aliphatic heterocycles. The van der Waals surface area contributed by atoms with E-state index in [4.69, 9.17) is 5.21 Å². The minimum atomic E-state index is -1.000. The molecular formula is C21H22F2N6O2S. The Morgan fingerprint density at radius 3 is 2.41 bits per heavy atom. The molecule has 1 amide bonds. The summed E-state index contributed by atoms with van der Waals surface area (Å²) in [5.41, 5.74) is 2.96. The first-order valence-electron chi connectivity index (χ1n) is 9.92. The molecule has 1 saturated heterocycles. The Morgan fingerprint density at radius 1 is 1.06 bits per heavy atom. The van der Waals surface area contributed by atoms with Gasteiger partial charge in [-0.05, 0) is 43.1 Å². The van der Waals surface area contributed by atoms with Gasteiger partial charge in [0.2, 0.25) is 0 Å². The van der Waals surface area contributed by atoms with Gasteiger partial charge in [0.25, 0.3) is 5.91 Å². The van der Waals surface area contributed by atoms with Gasteiger partial charge in [-0.3, -0.25) is 10.0 Å². The Balaban J connectivity index is 1.59. The molecule has 0 unspecified atom stereocenters. The largest absolute Gasteiger partial charge is 0.369 e. The quantitative estimate of drug-likeness (QED) is 0.447. The maximum Gasteiger partial charge on any atom is 0.274 e. The van der Waals surface area contributed by atoms with Crippen molar-refractivity contribution < 1.29 is 18.8 Å². The van der Waals surface area contributed by atoms with Crippen molar-refractivity contribution in [1.29, 1.82) is 0 Å². The van der Waals surface area contributed by atoms with E-state index >= 15 is 0 Å². The molecule has 32 heavy (non-hydrogen) atoms. The van der Waals surface area contributed by atoms with Crippen molar-refractivity contribution in [3.63, 3.8) is 0 Å². The van der Waals surface area contributed by atoms with Gasteiger partial charge in [0.15, 0.2) is 11.0 Å². The topological polar surface area (TPSA) is 86.5 Å². The molecule has 0 aliphatic carbocycles. The van der Waals surface area contributed by atoms with Crippen LogP contribution in [0.25, 0.3) is 11.4 Å². The normalized spacial score (nSPS) is 14.6. The van der Waals surface area contributed by atoms with E-state index in [0.29, 0.717) is 11.0 Å². The van der Waals surface area contributed by atoms with Crippen LogP contribution in [-0.2, 0) is 7.05 Å². The average molecular weight is 461 g/mol. The molecule has 0 atom stereocenters. The maximum atomic E-state index is 14.5. The van der Waals surface area contributed by atoms with E-state index < -0.39 is 17.5 Å². The number of amides is 1. The number of anilines is 1. The van der Waals surface area contributed by atoms with Crippen LogP contribution < -0.4 is 10.4 Å². The number of nitrogens with one attached hydrogen (secondary N) is 1. The molecule has 1 aliphatic rings. The summed E-state index contributed by atoms with van der Waals surface area (Å²) in [6.45, 7) is 3.85. The molecule has 168 valence electrons. The van der Waals surface area contributed by atoms with E-state index in [2.05, 4.69) is 33.1 Å². The van der Waals surface area contributed by atoms with Gasteiger partial charge in [0, 0.05) is 50.0 Å². The summed E-state index contributed by atoms with van der Waals surface area (Å²) in [6.07, 6.45) is 0. The molecule has 2 N–H and O–H groups in total. The number of carbonyl (C=O) groups excluding carboxylic acids is 1. The highest BCUT2D eigenvalue weighted by Crippen LogP contribution is 2.33. The second-order valence-electron chi connectivity index (χ2n) is 7.52. The van der Waals surface area contributed by atoms with Crippen LogP contribution in [0.15, 0.2) is 46.5 Å². The molecule has 0 bridgehead atoms. The monoisotopic (exact) mass is 460 g/mol. The summed E-state index contributed by atoms with van der Waals surface area (Å²) < 4.78 is 30.6. The number of aromatic nitrogens is 3. The maximum absolute atomic E-state index is 14.5. The fraction of sp³-hybridized carbons (Fsp3) is 0.286. The molecule has 8 nitrogen and oxygen atoms in total. The highest BCUT2D eigenvalue weighted by molar-refractivity contribution is 7.99. The first-order chi connectivity index (χ1) is 15.4. The third kappa shape index (κ3) is 4.45. The Kier molecular flexibility index (Phi) is 6.40. The van der Waals surface area contributed by atoms with Gasteiger partial charge in [-0.25, -0.2) is 14.3 Å². The first-order valence-corrected chi connectivity index (χ1v) is 10.7. The van der Waals surface area contributed by atoms with Crippen molar-refractivity contribution in [2.24, 2.45) is 7.05 Å². The molecule has 0 radical (unpaired) electrons. The minimum Gasteiger partial charge on any atom is -0.369 e. The number of likely N-dealkylation sites (N-methyl/N-ethyl adjacent to an activating group) is 1. The standard InChI is InChI=1S/C21H22F2N6O2S/c1-27-6-8-29(9-7-27)15-5-3-4-13(10-15)19-24-25-21(28(19)2)32-18-16(22)11-14(12-17(18)23)20(30)26-31/h3-5,10-12,31H,6-9H2,1-2H3,(H,26,30). The second-order valence-corrected chi connectivity index (χ2v) is 8.50. The van der Waals surface area contributed by atoms with E-state index in [1.54, 1.807) is 11.6 Å². The smallest absolute Gasteiger partial charge is 0.274 e. The van der Waals surface area contributed by atoms with Crippen molar-refractivity contribution in [2.45, 2.75) is 10.1 Å². The lowest BCUT2D eigenvalue weighted by Gasteiger charge is -2.34. The number of halogens is 2. The molecular weight excluding hydrogens is 438 g/mol. The van der Waals surface area contributed by atoms with E-state index in [1.165, 1.54) is 5.48 Å². The predicted octanol–water partition coefficient (Wildman–Crippen LogP) is 2.78. The second kappa shape index (κ2) is 9.23. The number of benzene rings is 2. The van der Waals surface area contributed by atoms with Gasteiger partial charge in [-0.15, -0.1) is 10.2 Å². The average Bonchev–Trinajstić information content (AvgIpc) is 3.16. The summed E-state index contributed by atoms with van der Waals surface area (Å²) in [5.74, 6) is -2.30. The highest BCUT2D eigenvalue weighted by atomic mass is 32.2. The molecule has 0 saturated carbocycles. The third-order valence-corrected chi connectivity index (χ3v) is 6.50. The van der Waals surface area contributed by atoms with E-state index in [0.717, 1.165) is 61.3 Å². The van der Waals surface area contributed by atoms with Crippen molar-refractivity contribution in [1.82, 2.24) is 25.1 Å². The summed E-state index contributed by atoms with van der Waals surface area (Å²) in [7, 11) is 3.83. The fourth-order valence-electron chi connectivity index (χ4n) is 3.51. The van der Waals surface area contributed by atoms with Crippen molar-refractivity contribution in [2.75, 3.05) is 38.1 Å². The van der Waals surface area contributed by atoms with Crippen LogP contribution in [0.5, 0.6) is 0 Å². The van der Waals surface area contributed by atoms with E-state index in [-0.39, 0.29) is 10.5 Å². The number of hydroxylamine groups is 1. The number of hydrogen-bond donors (Lipinski definition) is 2. The van der Waals surface area contributed by atoms with Crippen LogP contribution in [0.2, 0.25) is 0 Å². The van der Waals surface area contributed by atoms with E-state index in [1.807, 2.05) is 18.2 Å². The lowest BCUT2D eigenvalue weighted by Crippen LogP contribution is -2.44. The molecule has 3 aromatic rings. The zero-order valence-electron chi connectivity index (χ0n) is 17.5. The van der Waals surface area contributed by atoms with E-state index in [9.17, 15) is 13.6 Å². The number of carbonyl (C=O) groups is 1. The van der Waals surface area contributed by atoms with Crippen molar-refractivity contribution in [3.8, 4) is 11.4 Å². The summed E-state index contributed by atoms with van der Waals surface area (Å²) in [5, 5.41) is 17.3. The zero-order valence-corrected chi connectivity index (χ0v) is 18.4. The SMILES string of the molecule is CN1CCN(c2cccc(-c3nnc(Sc4c(F)cc(C(=O)NO)cc4F)n3C)c2)CC1. The Labute approximate surface area is 187 Å². The highest BCUT2D eigenvalue weighted by Gasteiger charge is 2.20. The van der Waals surface area contributed by atoms with Gasteiger partial charge in [0.05, 0.1) is 4.90 Å². The van der Waals surface area contributed by atoms with Crippen molar-refractivity contribution >= 4 is 23.4 Å². The molecule has 2 heterocycles. The summed E-state index contributed by atoms with van der Waals surface area (Å²) >= 11 is 0.773. The van der Waals surface area contributed by atoms with Crippen LogP contribution in [0.4, 0.5) is 14.5 Å². The zero-order chi connectivity index (χ0) is 22.8. The third-order valence-electron chi connectivity index (χ3n) is 5.36. The molecule has 2 aromatic carbocycles. The first kappa shape index (κ1) is 22.2. The molecule has 1 fully saturated rings. The van der Waals surface area contributed by atoms with Crippen LogP contribution in [0, 0.1) is 11.6 Å². The van der Waals surface area contributed by atoms with Crippen LogP contribution in [0.1, 0.15) is 10.4 Å². The van der Waals surface area contributed by atoms with Gasteiger partial charge in [0.1, 0.15) is 11.6 Å². The Bertz CT molecular complexity index is 1120. The van der Waals surface area contributed by atoms with Crippen LogP contribution in [-0.4, -0.2) is 64.0 Å². The van der Waals surface area contributed by atoms with Gasteiger partial charge in [-0.1, -0.05) is 12.1 Å². The Hall–Kier alpha value is -3.02. The van der Waals surface area contributed by atoms with Crippen molar-refractivity contribution in [3.05, 3.63) is 53.6 Å². The predicted molar refractivity (Wildman–Crippen MR) is 116 cm³/mol. The molecule has 4 rings (SSSR count). The number of piperazine rings is 1. The van der Waals surface area contributed by atoms with Gasteiger partial charge in [-0.2, -0.15) is 0 Å². The van der Waals surface area contributed by atoms with Gasteiger partial charge >= 0.3 is 0 Å². The number of nitrogens with zero attached hydrogens (tertiary/aromatic N) is 5. The van der Waals surface area contributed by atoms with Crippen LogP contribution >= 0.6 is 11.8 Å². The summed E-state index contributed by atoms with van der Waals surface area (Å²) in [4.78, 5) is 15.7. The lowest BCUT2D eigenvalue weighted by molar-refractivity contribution is 0.0705. The van der Waals surface area contributed by atoms with Gasteiger partial charge < -0.3 is 14.4 Å². The number of rotatable bonds is 5. The number of hydrogen-bond acceptors (Lipinski definition) is 7. The molecule has 1 aromatic heterocycles. The molecule has 11 heteroatoms. The minimum absolute atomic E-state index is 0.294. The fourth-order valence-corrected chi connectivity index (χ4v) is 4.31. The lowest BCUT2D eigenvalue weighted by atomic mass is 10.1. The Morgan fingerprint density at radius 2 is 1.75 bits per heavy atom. The van der Waals surface area contributed by atoms with Crippen LogP contribution in [0.3, 0.4) is 0 Å².